The molecule has 3 heteroatoms. The summed E-state index contributed by atoms with van der Waals surface area (Å²) >= 11 is 0. The van der Waals surface area contributed by atoms with E-state index >= 15 is 0 Å². The topological polar surface area (TPSA) is 43.8 Å². The number of aromatic nitrogens is 2. The van der Waals surface area contributed by atoms with Crippen molar-refractivity contribution in [2.24, 2.45) is 0 Å². The quantitative estimate of drug-likeness (QED) is 0.738. The van der Waals surface area contributed by atoms with Gasteiger partial charge >= 0.3 is 0 Å². The van der Waals surface area contributed by atoms with E-state index in [0.29, 0.717) is 6.04 Å². The molecule has 1 heterocycles. The molecular formula is C11H15N3. The van der Waals surface area contributed by atoms with Crippen molar-refractivity contribution in [1.29, 1.82) is 0 Å². The van der Waals surface area contributed by atoms with E-state index in [2.05, 4.69) is 25.1 Å². The Kier molecular flexibility index (Phi) is 2.15. The molecule has 2 aromatic rings. The van der Waals surface area contributed by atoms with Crippen molar-refractivity contribution in [3.8, 4) is 0 Å². The molecule has 0 radical (unpaired) electrons. The van der Waals surface area contributed by atoms with Crippen LogP contribution in [0.15, 0.2) is 24.4 Å². The van der Waals surface area contributed by atoms with Crippen LogP contribution >= 0.6 is 0 Å². The molecule has 1 aromatic carbocycles. The molecular weight excluding hydrogens is 174 g/mol. The van der Waals surface area contributed by atoms with Gasteiger partial charge in [-0.1, -0.05) is 6.92 Å². The van der Waals surface area contributed by atoms with E-state index in [4.69, 9.17) is 5.73 Å². The van der Waals surface area contributed by atoms with Gasteiger partial charge in [-0.15, -0.1) is 0 Å². The lowest BCUT2D eigenvalue weighted by molar-refractivity contribution is 0.482. The number of rotatable bonds is 2. The third-order valence-corrected chi connectivity index (χ3v) is 2.59. The van der Waals surface area contributed by atoms with Crippen LogP contribution in [-0.2, 0) is 0 Å². The summed E-state index contributed by atoms with van der Waals surface area (Å²) < 4.78 is 2.00. The van der Waals surface area contributed by atoms with Gasteiger partial charge in [-0.25, -0.2) is 0 Å². The predicted octanol–water partition coefficient (Wildman–Crippen LogP) is 2.59. The van der Waals surface area contributed by atoms with E-state index in [9.17, 15) is 0 Å². The molecule has 0 saturated carbocycles. The van der Waals surface area contributed by atoms with E-state index in [-0.39, 0.29) is 0 Å². The van der Waals surface area contributed by atoms with E-state index in [0.717, 1.165) is 23.0 Å². The Hall–Kier alpha value is -1.51. The second kappa shape index (κ2) is 3.33. The summed E-state index contributed by atoms with van der Waals surface area (Å²) in [7, 11) is 0. The van der Waals surface area contributed by atoms with E-state index < -0.39 is 0 Å². The van der Waals surface area contributed by atoms with Gasteiger partial charge in [-0.05, 0) is 31.5 Å². The zero-order valence-electron chi connectivity index (χ0n) is 8.57. The Labute approximate surface area is 83.5 Å². The fourth-order valence-corrected chi connectivity index (χ4v) is 1.47. The molecule has 0 fully saturated rings. The number of nitrogens with zero attached hydrogens (tertiary/aromatic N) is 2. The van der Waals surface area contributed by atoms with E-state index in [1.165, 1.54) is 0 Å². The maximum atomic E-state index is 5.69. The maximum absolute atomic E-state index is 5.69. The number of benzene rings is 1. The zero-order valence-corrected chi connectivity index (χ0v) is 8.57. The molecule has 1 aromatic heterocycles. The second-order valence-electron chi connectivity index (χ2n) is 3.68. The zero-order chi connectivity index (χ0) is 10.1. The van der Waals surface area contributed by atoms with Crippen molar-refractivity contribution in [3.63, 3.8) is 0 Å². The average Bonchev–Trinajstić information content (AvgIpc) is 2.59. The second-order valence-corrected chi connectivity index (χ2v) is 3.68. The summed E-state index contributed by atoms with van der Waals surface area (Å²) in [6.45, 7) is 4.32. The molecule has 0 saturated heterocycles. The Balaban J connectivity index is 2.51. The van der Waals surface area contributed by atoms with Gasteiger partial charge in [-0.2, -0.15) is 5.10 Å². The molecule has 2 N–H and O–H groups in total. The maximum Gasteiger partial charge on any atom is 0.0943 e. The molecule has 0 aliphatic carbocycles. The molecule has 0 aliphatic heterocycles. The lowest BCUT2D eigenvalue weighted by Crippen LogP contribution is -2.03. The van der Waals surface area contributed by atoms with Crippen LogP contribution < -0.4 is 5.73 Å². The molecule has 1 unspecified atom stereocenters. The number of nitrogen functional groups attached to an aromatic ring is 1. The summed E-state index contributed by atoms with van der Waals surface area (Å²) in [4.78, 5) is 0. The van der Waals surface area contributed by atoms with Crippen LogP contribution in [0.5, 0.6) is 0 Å². The highest BCUT2D eigenvalue weighted by atomic mass is 15.3. The number of nitrogens with two attached hydrogens (primary N) is 1. The van der Waals surface area contributed by atoms with Gasteiger partial charge in [-0.3, -0.25) is 4.68 Å². The Morgan fingerprint density at radius 3 is 3.00 bits per heavy atom. The van der Waals surface area contributed by atoms with Crippen LogP contribution in [0.2, 0.25) is 0 Å². The lowest BCUT2D eigenvalue weighted by Gasteiger charge is -2.07. The van der Waals surface area contributed by atoms with Crippen molar-refractivity contribution < 1.29 is 0 Å². The highest BCUT2D eigenvalue weighted by Gasteiger charge is 2.05. The molecule has 0 bridgehead atoms. The number of hydrogen-bond donors (Lipinski definition) is 1. The number of hydrogen-bond acceptors (Lipinski definition) is 2. The minimum atomic E-state index is 0.448. The largest absolute Gasteiger partial charge is 0.399 e. The van der Waals surface area contributed by atoms with Gasteiger partial charge in [0.1, 0.15) is 0 Å². The Morgan fingerprint density at radius 2 is 2.29 bits per heavy atom. The molecule has 74 valence electrons. The van der Waals surface area contributed by atoms with Gasteiger partial charge in [0, 0.05) is 23.3 Å². The van der Waals surface area contributed by atoms with Crippen LogP contribution in [0.3, 0.4) is 0 Å². The minimum Gasteiger partial charge on any atom is -0.399 e. The van der Waals surface area contributed by atoms with Gasteiger partial charge in [0.05, 0.1) is 5.52 Å². The summed E-state index contributed by atoms with van der Waals surface area (Å²) in [5, 5.41) is 5.63. The normalized spacial score (nSPS) is 13.3. The monoisotopic (exact) mass is 189 g/mol. The van der Waals surface area contributed by atoms with Crippen molar-refractivity contribution in [2.75, 3.05) is 5.73 Å². The van der Waals surface area contributed by atoms with Crippen LogP contribution in [0.4, 0.5) is 5.69 Å². The first kappa shape index (κ1) is 9.06. The van der Waals surface area contributed by atoms with E-state index in [1.807, 2.05) is 22.9 Å². The predicted molar refractivity (Wildman–Crippen MR) is 59.1 cm³/mol. The van der Waals surface area contributed by atoms with Gasteiger partial charge in [0.25, 0.3) is 0 Å². The van der Waals surface area contributed by atoms with Gasteiger partial charge < -0.3 is 5.73 Å². The van der Waals surface area contributed by atoms with Crippen LogP contribution in [0.1, 0.15) is 26.3 Å². The fourth-order valence-electron chi connectivity index (χ4n) is 1.47. The van der Waals surface area contributed by atoms with Gasteiger partial charge in [0.15, 0.2) is 0 Å². The summed E-state index contributed by atoms with van der Waals surface area (Å²) in [6, 6.07) is 6.28. The third kappa shape index (κ3) is 1.45. The highest BCUT2D eigenvalue weighted by Crippen LogP contribution is 2.18. The van der Waals surface area contributed by atoms with Crippen molar-refractivity contribution in [3.05, 3.63) is 24.4 Å². The van der Waals surface area contributed by atoms with Crippen LogP contribution in [0.25, 0.3) is 10.9 Å². The van der Waals surface area contributed by atoms with Crippen LogP contribution in [0, 0.1) is 0 Å². The average molecular weight is 189 g/mol. The lowest BCUT2D eigenvalue weighted by atomic mass is 10.2. The molecule has 0 aliphatic rings. The first-order valence-corrected chi connectivity index (χ1v) is 4.95. The van der Waals surface area contributed by atoms with Gasteiger partial charge in [0.2, 0.25) is 0 Å². The first-order chi connectivity index (χ1) is 6.70. The minimum absolute atomic E-state index is 0.448. The third-order valence-electron chi connectivity index (χ3n) is 2.59. The van der Waals surface area contributed by atoms with Crippen molar-refractivity contribution in [2.45, 2.75) is 26.3 Å². The summed E-state index contributed by atoms with van der Waals surface area (Å²) in [5.74, 6) is 0. The van der Waals surface area contributed by atoms with Crippen LogP contribution in [-0.4, -0.2) is 9.78 Å². The summed E-state index contributed by atoms with van der Waals surface area (Å²) in [5.41, 5.74) is 7.44. The molecule has 0 spiro atoms. The summed E-state index contributed by atoms with van der Waals surface area (Å²) in [6.07, 6.45) is 3.16. The van der Waals surface area contributed by atoms with E-state index in [1.54, 1.807) is 0 Å². The van der Waals surface area contributed by atoms with Crippen molar-refractivity contribution in [1.82, 2.24) is 9.78 Å². The molecule has 1 atom stereocenters. The Bertz CT molecular complexity index is 445. The SMILES string of the molecule is CCC(C)n1cc2ccc(N)cc2n1. The highest BCUT2D eigenvalue weighted by molar-refractivity contribution is 5.81. The Morgan fingerprint density at radius 1 is 1.50 bits per heavy atom. The number of fused-ring (bicyclic) bond motifs is 1. The first-order valence-electron chi connectivity index (χ1n) is 4.95. The standard InChI is InChI=1S/C11H15N3/c1-3-8(2)14-7-9-4-5-10(12)6-11(9)13-14/h4-8H,3,12H2,1-2H3. The fraction of sp³-hybridized carbons (Fsp3) is 0.364. The van der Waals surface area contributed by atoms with Crippen molar-refractivity contribution >= 4 is 16.6 Å². The molecule has 14 heavy (non-hydrogen) atoms. The smallest absolute Gasteiger partial charge is 0.0943 e. The molecule has 2 rings (SSSR count). The molecule has 3 nitrogen and oxygen atoms in total. The molecule has 0 amide bonds. The number of anilines is 1.